The van der Waals surface area contributed by atoms with E-state index in [2.05, 4.69) is 25.2 Å². The molecule has 0 heterocycles. The largest absolute Gasteiger partial charge is 0.316 e. The Balaban J connectivity index is 1.51. The van der Waals surface area contributed by atoms with Crippen molar-refractivity contribution in [2.45, 2.75) is 65.2 Å². The molecule has 2 rings (SSSR count). The van der Waals surface area contributed by atoms with Crippen LogP contribution in [0.4, 0.5) is 0 Å². The van der Waals surface area contributed by atoms with Gasteiger partial charge in [0, 0.05) is 0 Å². The van der Waals surface area contributed by atoms with Crippen LogP contribution in [0.1, 0.15) is 65.2 Å². The van der Waals surface area contributed by atoms with Crippen LogP contribution in [-0.2, 0) is 0 Å². The standard InChI is InChI=1S/C17H31N/c1-14-10-15(2)12-17(11-14)13-18-9-5-8-16-6-3-4-7-16/h10,14,16-18H,3-9,11-13H2,1-2H3. The third-order valence-electron chi connectivity index (χ3n) is 4.76. The van der Waals surface area contributed by atoms with Crippen LogP contribution >= 0.6 is 0 Å². The lowest BCUT2D eigenvalue weighted by Crippen LogP contribution is -2.27. The topological polar surface area (TPSA) is 12.0 Å². The minimum absolute atomic E-state index is 0.795. The Morgan fingerprint density at radius 1 is 1.22 bits per heavy atom. The van der Waals surface area contributed by atoms with Crippen LogP contribution in [0, 0.1) is 17.8 Å². The molecule has 18 heavy (non-hydrogen) atoms. The fraction of sp³-hybridized carbons (Fsp3) is 0.882. The lowest BCUT2D eigenvalue weighted by Gasteiger charge is -2.25. The van der Waals surface area contributed by atoms with Crippen molar-refractivity contribution in [3.63, 3.8) is 0 Å². The van der Waals surface area contributed by atoms with Gasteiger partial charge in [-0.1, -0.05) is 44.3 Å². The van der Waals surface area contributed by atoms with Gasteiger partial charge in [-0.15, -0.1) is 0 Å². The van der Waals surface area contributed by atoms with E-state index in [0.717, 1.165) is 17.8 Å². The maximum Gasteiger partial charge on any atom is -0.00172 e. The lowest BCUT2D eigenvalue weighted by molar-refractivity contribution is 0.375. The van der Waals surface area contributed by atoms with Gasteiger partial charge in [-0.05, 0) is 63.5 Å². The van der Waals surface area contributed by atoms with E-state index < -0.39 is 0 Å². The second kappa shape index (κ2) is 7.33. The van der Waals surface area contributed by atoms with E-state index in [9.17, 15) is 0 Å². The Morgan fingerprint density at radius 3 is 2.72 bits per heavy atom. The Kier molecular flexibility index (Phi) is 5.75. The van der Waals surface area contributed by atoms with E-state index in [1.807, 2.05) is 0 Å². The molecule has 2 aliphatic rings. The SMILES string of the molecule is CC1=CC(C)CC(CNCCCC2CCCC2)C1. The van der Waals surface area contributed by atoms with Crippen LogP contribution in [-0.4, -0.2) is 13.1 Å². The highest BCUT2D eigenvalue weighted by molar-refractivity contribution is 5.06. The van der Waals surface area contributed by atoms with Crippen LogP contribution in [0.3, 0.4) is 0 Å². The molecule has 0 aromatic heterocycles. The highest BCUT2D eigenvalue weighted by Gasteiger charge is 2.17. The molecule has 0 amide bonds. The third-order valence-corrected chi connectivity index (χ3v) is 4.76. The molecule has 0 bridgehead atoms. The zero-order valence-corrected chi connectivity index (χ0v) is 12.4. The van der Waals surface area contributed by atoms with Gasteiger partial charge >= 0.3 is 0 Å². The van der Waals surface area contributed by atoms with Crippen LogP contribution in [0.2, 0.25) is 0 Å². The van der Waals surface area contributed by atoms with E-state index in [0.29, 0.717) is 0 Å². The minimum Gasteiger partial charge on any atom is -0.316 e. The molecule has 1 fully saturated rings. The molecule has 1 N–H and O–H groups in total. The molecule has 104 valence electrons. The lowest BCUT2D eigenvalue weighted by atomic mass is 9.84. The van der Waals surface area contributed by atoms with Gasteiger partial charge in [0.15, 0.2) is 0 Å². The molecule has 0 aromatic rings. The van der Waals surface area contributed by atoms with Gasteiger partial charge in [-0.25, -0.2) is 0 Å². The van der Waals surface area contributed by atoms with Gasteiger partial charge in [0.25, 0.3) is 0 Å². The molecule has 0 saturated heterocycles. The summed E-state index contributed by atoms with van der Waals surface area (Å²) in [7, 11) is 0. The van der Waals surface area contributed by atoms with E-state index >= 15 is 0 Å². The summed E-state index contributed by atoms with van der Waals surface area (Å²) < 4.78 is 0. The molecule has 2 aliphatic carbocycles. The van der Waals surface area contributed by atoms with Crippen molar-refractivity contribution >= 4 is 0 Å². The van der Waals surface area contributed by atoms with Gasteiger partial charge in [0.1, 0.15) is 0 Å². The molecule has 1 saturated carbocycles. The zero-order valence-electron chi connectivity index (χ0n) is 12.4. The summed E-state index contributed by atoms with van der Waals surface area (Å²) in [5.74, 6) is 2.74. The summed E-state index contributed by atoms with van der Waals surface area (Å²) >= 11 is 0. The molecule has 0 aromatic carbocycles. The Hall–Kier alpha value is -0.300. The van der Waals surface area contributed by atoms with E-state index in [1.165, 1.54) is 64.5 Å². The fourth-order valence-corrected chi connectivity index (χ4v) is 3.96. The second-order valence-electron chi connectivity index (χ2n) is 6.79. The van der Waals surface area contributed by atoms with Gasteiger partial charge in [0.2, 0.25) is 0 Å². The van der Waals surface area contributed by atoms with Crippen LogP contribution in [0.5, 0.6) is 0 Å². The van der Waals surface area contributed by atoms with Crippen molar-refractivity contribution in [2.75, 3.05) is 13.1 Å². The molecule has 0 aliphatic heterocycles. The highest BCUT2D eigenvalue weighted by atomic mass is 14.9. The molecular weight excluding hydrogens is 218 g/mol. The molecule has 0 radical (unpaired) electrons. The minimum atomic E-state index is 0.795. The van der Waals surface area contributed by atoms with Crippen molar-refractivity contribution in [3.8, 4) is 0 Å². The van der Waals surface area contributed by atoms with Gasteiger partial charge in [-0.2, -0.15) is 0 Å². The number of nitrogens with one attached hydrogen (secondary N) is 1. The molecule has 1 nitrogen and oxygen atoms in total. The second-order valence-corrected chi connectivity index (χ2v) is 6.79. The molecule has 2 atom stereocenters. The molecule has 0 spiro atoms. The van der Waals surface area contributed by atoms with Crippen molar-refractivity contribution in [2.24, 2.45) is 17.8 Å². The number of rotatable bonds is 6. The van der Waals surface area contributed by atoms with Crippen LogP contribution < -0.4 is 5.32 Å². The van der Waals surface area contributed by atoms with Crippen molar-refractivity contribution < 1.29 is 0 Å². The van der Waals surface area contributed by atoms with E-state index in [1.54, 1.807) is 5.57 Å². The van der Waals surface area contributed by atoms with E-state index in [-0.39, 0.29) is 0 Å². The quantitative estimate of drug-likeness (QED) is 0.538. The van der Waals surface area contributed by atoms with Crippen LogP contribution in [0.25, 0.3) is 0 Å². The first-order chi connectivity index (χ1) is 8.74. The molecule has 2 unspecified atom stereocenters. The van der Waals surface area contributed by atoms with Gasteiger partial charge in [0.05, 0.1) is 0 Å². The third kappa shape index (κ3) is 4.76. The number of allylic oxidation sites excluding steroid dienone is 2. The van der Waals surface area contributed by atoms with Gasteiger partial charge < -0.3 is 5.32 Å². The normalized spacial score (nSPS) is 29.6. The maximum absolute atomic E-state index is 3.69. The van der Waals surface area contributed by atoms with Crippen molar-refractivity contribution in [3.05, 3.63) is 11.6 Å². The molecular formula is C17H31N. The van der Waals surface area contributed by atoms with Crippen molar-refractivity contribution in [1.29, 1.82) is 0 Å². The summed E-state index contributed by atoms with van der Waals surface area (Å²) in [6.45, 7) is 7.13. The Bertz CT molecular complexity index is 263. The van der Waals surface area contributed by atoms with E-state index in [4.69, 9.17) is 0 Å². The summed E-state index contributed by atoms with van der Waals surface area (Å²) in [6.07, 6.45) is 14.0. The zero-order chi connectivity index (χ0) is 12.8. The van der Waals surface area contributed by atoms with Crippen LogP contribution in [0.15, 0.2) is 11.6 Å². The average Bonchev–Trinajstić information content (AvgIpc) is 2.80. The fourth-order valence-electron chi connectivity index (χ4n) is 3.96. The summed E-state index contributed by atoms with van der Waals surface area (Å²) in [4.78, 5) is 0. The smallest absolute Gasteiger partial charge is 0.00172 e. The first-order valence-electron chi connectivity index (χ1n) is 8.12. The number of hydrogen-bond acceptors (Lipinski definition) is 1. The summed E-state index contributed by atoms with van der Waals surface area (Å²) in [6, 6.07) is 0. The first-order valence-corrected chi connectivity index (χ1v) is 8.12. The maximum atomic E-state index is 3.69. The van der Waals surface area contributed by atoms with Crippen molar-refractivity contribution in [1.82, 2.24) is 5.32 Å². The predicted molar refractivity (Wildman–Crippen MR) is 79.7 cm³/mol. The highest BCUT2D eigenvalue weighted by Crippen LogP contribution is 2.29. The summed E-state index contributed by atoms with van der Waals surface area (Å²) in [5.41, 5.74) is 1.60. The average molecular weight is 249 g/mol. The monoisotopic (exact) mass is 249 g/mol. The first kappa shape index (κ1) is 14.1. The Labute approximate surface area is 113 Å². The Morgan fingerprint density at radius 2 is 2.00 bits per heavy atom. The summed E-state index contributed by atoms with van der Waals surface area (Å²) in [5, 5.41) is 3.69. The number of hydrogen-bond donors (Lipinski definition) is 1. The molecule has 1 heteroatoms. The van der Waals surface area contributed by atoms with Gasteiger partial charge in [-0.3, -0.25) is 0 Å². The predicted octanol–water partition coefficient (Wildman–Crippen LogP) is 4.54.